The van der Waals surface area contributed by atoms with Crippen molar-refractivity contribution in [2.24, 2.45) is 5.90 Å². The number of rotatable bonds is 3. The quantitative estimate of drug-likeness (QED) is 0.678. The predicted octanol–water partition coefficient (Wildman–Crippen LogP) is 2.35. The first-order valence-corrected chi connectivity index (χ1v) is 5.74. The minimum absolute atomic E-state index is 0.0249. The number of non-ortho nitro benzene ring substituents is 1. The number of carbonyl (C=O) groups excluding carboxylic acids is 1. The van der Waals surface area contributed by atoms with Crippen molar-refractivity contribution >= 4 is 23.0 Å². The van der Waals surface area contributed by atoms with Crippen LogP contribution in [-0.2, 0) is 4.84 Å². The van der Waals surface area contributed by atoms with Crippen LogP contribution >= 0.6 is 11.3 Å². The summed E-state index contributed by atoms with van der Waals surface area (Å²) in [6.45, 7) is 0. The molecule has 6 nitrogen and oxygen atoms in total. The van der Waals surface area contributed by atoms with Crippen molar-refractivity contribution in [2.45, 2.75) is 0 Å². The summed E-state index contributed by atoms with van der Waals surface area (Å²) >= 11 is 1.33. The van der Waals surface area contributed by atoms with E-state index in [1.54, 1.807) is 23.6 Å². The van der Waals surface area contributed by atoms with Gasteiger partial charge in [-0.05, 0) is 23.8 Å². The normalized spacial score (nSPS) is 10.1. The van der Waals surface area contributed by atoms with Gasteiger partial charge in [-0.15, -0.1) is 11.3 Å². The first-order chi connectivity index (χ1) is 8.61. The van der Waals surface area contributed by atoms with Crippen molar-refractivity contribution in [2.75, 3.05) is 0 Å². The van der Waals surface area contributed by atoms with E-state index in [1.165, 1.54) is 23.5 Å². The molecule has 0 aliphatic carbocycles. The van der Waals surface area contributed by atoms with E-state index in [2.05, 4.69) is 4.84 Å². The third-order valence-corrected chi connectivity index (χ3v) is 3.28. The molecule has 0 spiro atoms. The average molecular weight is 264 g/mol. The number of carbonyl (C=O) groups is 1. The number of hydrogen-bond donors (Lipinski definition) is 1. The summed E-state index contributed by atoms with van der Waals surface area (Å²) in [7, 11) is 0. The van der Waals surface area contributed by atoms with Gasteiger partial charge < -0.3 is 4.84 Å². The van der Waals surface area contributed by atoms with Crippen LogP contribution in [0.4, 0.5) is 5.69 Å². The van der Waals surface area contributed by atoms with E-state index in [9.17, 15) is 14.9 Å². The Bertz CT molecular complexity index is 591. The molecule has 0 saturated carbocycles. The Labute approximate surface area is 106 Å². The van der Waals surface area contributed by atoms with E-state index in [1.807, 2.05) is 0 Å². The summed E-state index contributed by atoms with van der Waals surface area (Å²) in [4.78, 5) is 26.1. The Hall–Kier alpha value is -2.25. The van der Waals surface area contributed by atoms with Crippen LogP contribution in [0, 0.1) is 10.1 Å². The monoisotopic (exact) mass is 264 g/mol. The van der Waals surface area contributed by atoms with Crippen LogP contribution < -0.4 is 5.90 Å². The molecule has 2 aromatic rings. The van der Waals surface area contributed by atoms with Gasteiger partial charge in [0, 0.05) is 22.4 Å². The van der Waals surface area contributed by atoms with Gasteiger partial charge in [-0.1, -0.05) is 0 Å². The standard InChI is InChI=1S/C11H8N2O4S/c12-17-11(14)8-5-10(18-6-8)7-1-3-9(4-2-7)13(15)16/h1-6H,12H2. The number of hydrogen-bond acceptors (Lipinski definition) is 6. The topological polar surface area (TPSA) is 95.5 Å². The number of nitro benzene ring substituents is 1. The van der Waals surface area contributed by atoms with Crippen LogP contribution in [0.3, 0.4) is 0 Å². The molecule has 2 N–H and O–H groups in total. The molecular weight excluding hydrogens is 256 g/mol. The Morgan fingerprint density at radius 1 is 1.33 bits per heavy atom. The highest BCUT2D eigenvalue weighted by molar-refractivity contribution is 7.13. The molecule has 0 atom stereocenters. The molecule has 0 amide bonds. The average Bonchev–Trinajstić information content (AvgIpc) is 2.87. The fraction of sp³-hybridized carbons (Fsp3) is 0. The fourth-order valence-corrected chi connectivity index (χ4v) is 2.30. The summed E-state index contributed by atoms with van der Waals surface area (Å²) in [5.74, 6) is 4.17. The summed E-state index contributed by atoms with van der Waals surface area (Å²) in [6.07, 6.45) is 0. The molecule has 18 heavy (non-hydrogen) atoms. The Morgan fingerprint density at radius 2 is 2.00 bits per heavy atom. The van der Waals surface area contributed by atoms with Gasteiger partial charge in [-0.3, -0.25) is 10.1 Å². The van der Waals surface area contributed by atoms with E-state index in [0.29, 0.717) is 5.56 Å². The molecule has 1 aromatic carbocycles. The van der Waals surface area contributed by atoms with E-state index in [4.69, 9.17) is 5.90 Å². The SMILES string of the molecule is NOC(=O)c1csc(-c2ccc([N+](=O)[O-])cc2)c1. The Balaban J connectivity index is 2.29. The molecule has 0 unspecified atom stereocenters. The predicted molar refractivity (Wildman–Crippen MR) is 66.0 cm³/mol. The maximum absolute atomic E-state index is 11.2. The highest BCUT2D eigenvalue weighted by Crippen LogP contribution is 2.28. The fourth-order valence-electron chi connectivity index (χ4n) is 1.41. The largest absolute Gasteiger partial charge is 0.370 e. The smallest absolute Gasteiger partial charge is 0.357 e. The minimum atomic E-state index is -0.612. The summed E-state index contributed by atoms with van der Waals surface area (Å²) in [5.41, 5.74) is 1.18. The van der Waals surface area contributed by atoms with Crippen LogP contribution in [0.15, 0.2) is 35.7 Å². The van der Waals surface area contributed by atoms with Crippen molar-refractivity contribution in [3.8, 4) is 10.4 Å². The maximum atomic E-state index is 11.2. The second kappa shape index (κ2) is 4.94. The zero-order chi connectivity index (χ0) is 13.1. The molecule has 2 rings (SSSR count). The number of nitrogens with two attached hydrogens (primary N) is 1. The van der Waals surface area contributed by atoms with Crippen molar-refractivity contribution in [3.05, 3.63) is 51.4 Å². The zero-order valence-corrected chi connectivity index (χ0v) is 9.85. The molecule has 7 heteroatoms. The van der Waals surface area contributed by atoms with E-state index in [0.717, 1.165) is 10.4 Å². The molecule has 1 heterocycles. The Morgan fingerprint density at radius 3 is 2.56 bits per heavy atom. The summed E-state index contributed by atoms with van der Waals surface area (Å²) in [5, 5.41) is 12.1. The van der Waals surface area contributed by atoms with Crippen LogP contribution in [0.1, 0.15) is 10.4 Å². The molecular formula is C11H8N2O4S. The van der Waals surface area contributed by atoms with Gasteiger partial charge in [0.05, 0.1) is 10.5 Å². The molecule has 0 radical (unpaired) electrons. The molecule has 0 fully saturated rings. The molecule has 1 aromatic heterocycles. The van der Waals surface area contributed by atoms with Gasteiger partial charge in [0.2, 0.25) is 0 Å². The van der Waals surface area contributed by atoms with Gasteiger partial charge in [-0.25, -0.2) is 4.79 Å². The van der Waals surface area contributed by atoms with Crippen molar-refractivity contribution < 1.29 is 14.6 Å². The number of benzene rings is 1. The highest BCUT2D eigenvalue weighted by atomic mass is 32.1. The summed E-state index contributed by atoms with van der Waals surface area (Å²) < 4.78 is 0. The maximum Gasteiger partial charge on any atom is 0.357 e. The molecule has 0 bridgehead atoms. The lowest BCUT2D eigenvalue weighted by Gasteiger charge is -1.96. The van der Waals surface area contributed by atoms with Gasteiger partial charge in [0.1, 0.15) is 0 Å². The summed E-state index contributed by atoms with van der Waals surface area (Å²) in [6, 6.07) is 7.70. The van der Waals surface area contributed by atoms with E-state index >= 15 is 0 Å². The van der Waals surface area contributed by atoms with Crippen molar-refractivity contribution in [1.82, 2.24) is 0 Å². The lowest BCUT2D eigenvalue weighted by Crippen LogP contribution is -2.08. The van der Waals surface area contributed by atoms with E-state index in [-0.39, 0.29) is 5.69 Å². The highest BCUT2D eigenvalue weighted by Gasteiger charge is 2.11. The van der Waals surface area contributed by atoms with Crippen molar-refractivity contribution in [3.63, 3.8) is 0 Å². The first kappa shape index (κ1) is 12.2. The number of thiophene rings is 1. The number of nitrogens with zero attached hydrogens (tertiary/aromatic N) is 1. The molecule has 0 aliphatic heterocycles. The second-order valence-corrected chi connectivity index (χ2v) is 4.32. The zero-order valence-electron chi connectivity index (χ0n) is 9.03. The second-order valence-electron chi connectivity index (χ2n) is 3.41. The van der Waals surface area contributed by atoms with Crippen molar-refractivity contribution in [1.29, 1.82) is 0 Å². The first-order valence-electron chi connectivity index (χ1n) is 4.86. The van der Waals surface area contributed by atoms with Gasteiger partial charge in [-0.2, -0.15) is 5.90 Å². The van der Waals surface area contributed by atoms with Gasteiger partial charge in [0.25, 0.3) is 5.69 Å². The van der Waals surface area contributed by atoms with Gasteiger partial charge >= 0.3 is 5.97 Å². The molecule has 92 valence electrons. The third-order valence-electron chi connectivity index (χ3n) is 2.30. The lowest BCUT2D eigenvalue weighted by atomic mass is 10.1. The molecule has 0 aliphatic rings. The van der Waals surface area contributed by atoms with Crippen LogP contribution in [0.5, 0.6) is 0 Å². The van der Waals surface area contributed by atoms with Gasteiger partial charge in [0.15, 0.2) is 0 Å². The van der Waals surface area contributed by atoms with Crippen LogP contribution in [0.2, 0.25) is 0 Å². The lowest BCUT2D eigenvalue weighted by molar-refractivity contribution is -0.384. The Kier molecular flexibility index (Phi) is 3.35. The minimum Gasteiger partial charge on any atom is -0.370 e. The molecule has 0 saturated heterocycles. The van der Waals surface area contributed by atoms with E-state index < -0.39 is 10.9 Å². The number of nitro groups is 1. The third kappa shape index (κ3) is 2.36. The van der Waals surface area contributed by atoms with Crippen LogP contribution in [0.25, 0.3) is 10.4 Å². The van der Waals surface area contributed by atoms with Crippen LogP contribution in [-0.4, -0.2) is 10.9 Å².